The molecule has 0 aromatic heterocycles. The monoisotopic (exact) mass is 141 g/mol. The number of hydrogen-bond acceptors (Lipinski definition) is 3. The van der Waals surface area contributed by atoms with Crippen LogP contribution in [0, 0.1) is 0 Å². The molecule has 0 saturated carbocycles. The van der Waals surface area contributed by atoms with E-state index >= 15 is 0 Å². The first-order chi connectivity index (χ1) is 4.68. The maximum atomic E-state index is 10.1. The van der Waals surface area contributed by atoms with Crippen LogP contribution >= 0.6 is 0 Å². The van der Waals surface area contributed by atoms with Crippen LogP contribution in [0.5, 0.6) is 0 Å². The Morgan fingerprint density at radius 2 is 2.40 bits per heavy atom. The van der Waals surface area contributed by atoms with Crippen molar-refractivity contribution in [3.05, 3.63) is 11.6 Å². The van der Waals surface area contributed by atoms with E-state index in [1.54, 1.807) is 0 Å². The van der Waals surface area contributed by atoms with Crippen molar-refractivity contribution in [2.24, 2.45) is 4.99 Å². The number of rotatable bonds is 3. The zero-order chi connectivity index (χ0) is 7.98. The second-order valence-corrected chi connectivity index (χ2v) is 1.62. The van der Waals surface area contributed by atoms with E-state index in [0.29, 0.717) is 0 Å². The number of carboxylic acids is 1. The van der Waals surface area contributed by atoms with Crippen molar-refractivity contribution in [3.63, 3.8) is 0 Å². The first kappa shape index (κ1) is 8.59. The number of hydrogen-bond donors (Lipinski definition) is 1. The third-order valence-electron chi connectivity index (χ3n) is 0.891. The lowest BCUT2D eigenvalue weighted by atomic mass is 10.3. The van der Waals surface area contributed by atoms with E-state index in [0.717, 1.165) is 0 Å². The van der Waals surface area contributed by atoms with Crippen LogP contribution in [0.2, 0.25) is 0 Å². The Morgan fingerprint density at radius 1 is 1.80 bits per heavy atom. The first-order valence-corrected chi connectivity index (χ1v) is 2.62. The maximum Gasteiger partial charge on any atom is 0.331 e. The van der Waals surface area contributed by atoms with Crippen molar-refractivity contribution in [1.82, 2.24) is 0 Å². The van der Waals surface area contributed by atoms with Gasteiger partial charge in [0.2, 0.25) is 6.08 Å². The number of aliphatic carboxylic acids is 1. The molecule has 0 amide bonds. The summed E-state index contributed by atoms with van der Waals surface area (Å²) >= 11 is 0. The van der Waals surface area contributed by atoms with Gasteiger partial charge in [-0.15, -0.1) is 0 Å². The highest BCUT2D eigenvalue weighted by Crippen LogP contribution is 1.90. The first-order valence-electron chi connectivity index (χ1n) is 2.62. The van der Waals surface area contributed by atoms with Gasteiger partial charge in [0, 0.05) is 5.57 Å². The average Bonchev–Trinajstić information content (AvgIpc) is 1.88. The van der Waals surface area contributed by atoms with Gasteiger partial charge in [0.05, 0.1) is 6.54 Å². The molecule has 0 rings (SSSR count). The summed E-state index contributed by atoms with van der Waals surface area (Å²) in [6.45, 7) is 1.52. The number of isocyanates is 1. The van der Waals surface area contributed by atoms with Crippen LogP contribution in [0.15, 0.2) is 16.6 Å². The van der Waals surface area contributed by atoms with Crippen LogP contribution < -0.4 is 0 Å². The third-order valence-corrected chi connectivity index (χ3v) is 0.891. The molecular formula is C6H7NO3. The lowest BCUT2D eigenvalue weighted by Gasteiger charge is -1.87. The summed E-state index contributed by atoms with van der Waals surface area (Å²) in [4.78, 5) is 22.7. The molecule has 0 unspecified atom stereocenters. The molecule has 0 radical (unpaired) electrons. The Morgan fingerprint density at radius 3 is 2.80 bits per heavy atom. The molecule has 0 aromatic carbocycles. The van der Waals surface area contributed by atoms with Gasteiger partial charge in [0.15, 0.2) is 0 Å². The van der Waals surface area contributed by atoms with Crippen molar-refractivity contribution in [3.8, 4) is 0 Å². The van der Waals surface area contributed by atoms with Gasteiger partial charge in [0.25, 0.3) is 0 Å². The van der Waals surface area contributed by atoms with E-state index < -0.39 is 5.97 Å². The van der Waals surface area contributed by atoms with Crippen LogP contribution in [-0.4, -0.2) is 23.7 Å². The molecule has 0 aliphatic heterocycles. The highest BCUT2D eigenvalue weighted by molar-refractivity contribution is 5.85. The van der Waals surface area contributed by atoms with Crippen molar-refractivity contribution in [2.75, 3.05) is 6.54 Å². The van der Waals surface area contributed by atoms with E-state index in [2.05, 4.69) is 4.99 Å². The minimum absolute atomic E-state index is 0.0850. The number of aliphatic imine (C=N–C) groups is 1. The van der Waals surface area contributed by atoms with E-state index in [9.17, 15) is 9.59 Å². The van der Waals surface area contributed by atoms with Gasteiger partial charge < -0.3 is 5.11 Å². The number of carbonyl (C=O) groups excluding carboxylic acids is 1. The smallest absolute Gasteiger partial charge is 0.331 e. The van der Waals surface area contributed by atoms with E-state index in [4.69, 9.17) is 5.11 Å². The van der Waals surface area contributed by atoms with Crippen LogP contribution in [-0.2, 0) is 9.59 Å². The highest BCUT2D eigenvalue weighted by atomic mass is 16.4. The molecule has 54 valence electrons. The standard InChI is InChI=1S/C6H7NO3/c1-5(6(9)10)2-3-7-4-8/h2H,3H2,1H3,(H,9,10)/b5-2+. The summed E-state index contributed by atoms with van der Waals surface area (Å²) in [5.41, 5.74) is 0.180. The van der Waals surface area contributed by atoms with E-state index in [1.165, 1.54) is 19.1 Å². The lowest BCUT2D eigenvalue weighted by Crippen LogP contribution is -1.96. The molecule has 0 atom stereocenters. The molecule has 0 fully saturated rings. The van der Waals surface area contributed by atoms with Gasteiger partial charge in [-0.1, -0.05) is 6.08 Å². The largest absolute Gasteiger partial charge is 0.478 e. The Bertz CT molecular complexity index is 201. The molecule has 4 nitrogen and oxygen atoms in total. The molecule has 0 spiro atoms. The van der Waals surface area contributed by atoms with Crippen LogP contribution in [0.25, 0.3) is 0 Å². The molecule has 0 bridgehead atoms. The second kappa shape index (κ2) is 4.47. The highest BCUT2D eigenvalue weighted by Gasteiger charge is 1.96. The van der Waals surface area contributed by atoms with Crippen molar-refractivity contribution >= 4 is 12.0 Å². The van der Waals surface area contributed by atoms with Gasteiger partial charge in [-0.2, -0.15) is 0 Å². The van der Waals surface area contributed by atoms with Crippen LogP contribution in [0.3, 0.4) is 0 Å². The predicted octanol–water partition coefficient (Wildman–Crippen LogP) is 0.353. The van der Waals surface area contributed by atoms with E-state index in [1.807, 2.05) is 0 Å². The summed E-state index contributed by atoms with van der Waals surface area (Å²) < 4.78 is 0. The van der Waals surface area contributed by atoms with Gasteiger partial charge in [-0.3, -0.25) is 0 Å². The number of carboxylic acid groups (broad SMARTS) is 1. The molecule has 4 heteroatoms. The number of carbonyl (C=O) groups is 1. The van der Waals surface area contributed by atoms with Gasteiger partial charge in [-0.05, 0) is 6.92 Å². The number of nitrogens with zero attached hydrogens (tertiary/aromatic N) is 1. The van der Waals surface area contributed by atoms with Crippen molar-refractivity contribution < 1.29 is 14.7 Å². The zero-order valence-electron chi connectivity index (χ0n) is 5.50. The Hall–Kier alpha value is -1.41. The fraction of sp³-hybridized carbons (Fsp3) is 0.333. The minimum atomic E-state index is -0.999. The molecule has 0 heterocycles. The maximum absolute atomic E-state index is 10.1. The van der Waals surface area contributed by atoms with Gasteiger partial charge in [0.1, 0.15) is 0 Å². The quantitative estimate of drug-likeness (QED) is 0.350. The van der Waals surface area contributed by atoms with Gasteiger partial charge in [-0.25, -0.2) is 14.6 Å². The van der Waals surface area contributed by atoms with Crippen LogP contribution in [0.1, 0.15) is 6.92 Å². The van der Waals surface area contributed by atoms with Crippen LogP contribution in [0.4, 0.5) is 0 Å². The summed E-state index contributed by atoms with van der Waals surface area (Å²) in [6.07, 6.45) is 2.64. The molecule has 0 aromatic rings. The molecule has 0 aliphatic rings. The normalized spacial score (nSPS) is 10.3. The lowest BCUT2D eigenvalue weighted by molar-refractivity contribution is -0.132. The Kier molecular flexibility index (Phi) is 3.84. The van der Waals surface area contributed by atoms with Crippen molar-refractivity contribution in [1.29, 1.82) is 0 Å². The summed E-state index contributed by atoms with van der Waals surface area (Å²) in [5.74, 6) is -0.999. The topological polar surface area (TPSA) is 66.7 Å². The summed E-state index contributed by atoms with van der Waals surface area (Å²) in [7, 11) is 0. The Labute approximate surface area is 57.9 Å². The fourth-order valence-electron chi connectivity index (χ4n) is 0.307. The van der Waals surface area contributed by atoms with Crippen molar-refractivity contribution in [2.45, 2.75) is 6.92 Å². The third kappa shape index (κ3) is 3.57. The molecule has 1 N–H and O–H groups in total. The SMILES string of the molecule is C/C(=C\CN=C=O)C(=O)O. The fourth-order valence-corrected chi connectivity index (χ4v) is 0.307. The zero-order valence-corrected chi connectivity index (χ0v) is 5.50. The molecule has 0 aliphatic carbocycles. The summed E-state index contributed by atoms with van der Waals surface area (Å²) in [6, 6.07) is 0. The summed E-state index contributed by atoms with van der Waals surface area (Å²) in [5, 5.41) is 8.27. The van der Waals surface area contributed by atoms with E-state index in [-0.39, 0.29) is 12.1 Å². The minimum Gasteiger partial charge on any atom is -0.478 e. The molecular weight excluding hydrogens is 134 g/mol. The predicted molar refractivity (Wildman–Crippen MR) is 34.4 cm³/mol. The molecule has 10 heavy (non-hydrogen) atoms. The molecule has 0 saturated heterocycles. The van der Waals surface area contributed by atoms with Gasteiger partial charge >= 0.3 is 5.97 Å². The Balaban J connectivity index is 3.92. The average molecular weight is 141 g/mol. The second-order valence-electron chi connectivity index (χ2n) is 1.62.